The summed E-state index contributed by atoms with van der Waals surface area (Å²) in [7, 11) is 0. The van der Waals surface area contributed by atoms with E-state index in [0.717, 1.165) is 31.1 Å². The zero-order valence-electron chi connectivity index (χ0n) is 11.2. The number of nitrogens with zero attached hydrogens (tertiary/aromatic N) is 1. The molecule has 1 saturated carbocycles. The van der Waals surface area contributed by atoms with E-state index in [0.29, 0.717) is 22.1 Å². The van der Waals surface area contributed by atoms with Gasteiger partial charge in [-0.1, -0.05) is 36.2 Å². The maximum atomic E-state index is 6.40. The lowest BCUT2D eigenvalue weighted by molar-refractivity contribution is 0.360. The van der Waals surface area contributed by atoms with Gasteiger partial charge >= 0.3 is 0 Å². The molecule has 19 heavy (non-hydrogen) atoms. The SMILES string of the molecule is CCC1CNC(C2CC2)CN1c1cccc(Cl)c1Cl. The summed E-state index contributed by atoms with van der Waals surface area (Å²) < 4.78 is 0. The van der Waals surface area contributed by atoms with E-state index < -0.39 is 0 Å². The van der Waals surface area contributed by atoms with Gasteiger partial charge in [-0.15, -0.1) is 0 Å². The molecule has 4 heteroatoms. The predicted octanol–water partition coefficient (Wildman–Crippen LogP) is 3.96. The number of anilines is 1. The molecule has 1 N–H and O–H groups in total. The second-order valence-electron chi connectivity index (χ2n) is 5.64. The zero-order chi connectivity index (χ0) is 13.4. The molecule has 0 aromatic heterocycles. The molecule has 0 amide bonds. The summed E-state index contributed by atoms with van der Waals surface area (Å²) in [4.78, 5) is 2.45. The molecule has 1 aromatic carbocycles. The molecule has 1 aliphatic heterocycles. The Kier molecular flexibility index (Phi) is 3.93. The number of hydrogen-bond acceptors (Lipinski definition) is 2. The fraction of sp³-hybridized carbons (Fsp3) is 0.600. The van der Waals surface area contributed by atoms with Gasteiger partial charge in [0.2, 0.25) is 0 Å². The van der Waals surface area contributed by atoms with Gasteiger partial charge < -0.3 is 10.2 Å². The third-order valence-electron chi connectivity index (χ3n) is 4.35. The highest BCUT2D eigenvalue weighted by molar-refractivity contribution is 6.43. The van der Waals surface area contributed by atoms with Gasteiger partial charge in [-0.25, -0.2) is 0 Å². The van der Waals surface area contributed by atoms with E-state index in [1.165, 1.54) is 12.8 Å². The van der Waals surface area contributed by atoms with Crippen LogP contribution in [-0.2, 0) is 0 Å². The largest absolute Gasteiger partial charge is 0.364 e. The lowest BCUT2D eigenvalue weighted by atomic mass is 10.0. The molecule has 2 aliphatic rings. The van der Waals surface area contributed by atoms with Gasteiger partial charge in [0.1, 0.15) is 0 Å². The number of hydrogen-bond donors (Lipinski definition) is 1. The van der Waals surface area contributed by atoms with Crippen LogP contribution in [0.25, 0.3) is 0 Å². The van der Waals surface area contributed by atoms with E-state index in [1.807, 2.05) is 12.1 Å². The first kappa shape index (κ1) is 13.5. The van der Waals surface area contributed by atoms with Crippen molar-refractivity contribution in [2.45, 2.75) is 38.3 Å². The third kappa shape index (κ3) is 2.72. The van der Waals surface area contributed by atoms with Crippen LogP contribution in [0.1, 0.15) is 26.2 Å². The first-order valence-corrected chi connectivity index (χ1v) is 7.90. The predicted molar refractivity (Wildman–Crippen MR) is 82.4 cm³/mol. The van der Waals surface area contributed by atoms with Crippen LogP contribution in [-0.4, -0.2) is 25.2 Å². The number of piperazine rings is 1. The van der Waals surface area contributed by atoms with Crippen LogP contribution in [0.2, 0.25) is 10.0 Å². The van der Waals surface area contributed by atoms with Gasteiger partial charge in [-0.05, 0) is 37.3 Å². The minimum Gasteiger partial charge on any atom is -0.364 e. The van der Waals surface area contributed by atoms with Gasteiger partial charge in [0, 0.05) is 25.2 Å². The fourth-order valence-corrected chi connectivity index (χ4v) is 3.42. The molecule has 2 atom stereocenters. The molecular formula is C15H20Cl2N2. The third-order valence-corrected chi connectivity index (χ3v) is 5.16. The van der Waals surface area contributed by atoms with Crippen LogP contribution in [0.15, 0.2) is 18.2 Å². The first-order chi connectivity index (χ1) is 9.20. The Hall–Kier alpha value is -0.440. The van der Waals surface area contributed by atoms with E-state index in [4.69, 9.17) is 23.2 Å². The molecular weight excluding hydrogens is 279 g/mol. The summed E-state index contributed by atoms with van der Waals surface area (Å²) in [6.07, 6.45) is 3.85. The molecule has 0 bridgehead atoms. The number of rotatable bonds is 3. The molecule has 1 aromatic rings. The lowest BCUT2D eigenvalue weighted by Gasteiger charge is -2.42. The van der Waals surface area contributed by atoms with Crippen molar-refractivity contribution in [3.05, 3.63) is 28.2 Å². The molecule has 2 fully saturated rings. The van der Waals surface area contributed by atoms with Gasteiger partial charge in [0.15, 0.2) is 0 Å². The molecule has 3 rings (SSSR count). The minimum absolute atomic E-state index is 0.506. The molecule has 2 nitrogen and oxygen atoms in total. The first-order valence-electron chi connectivity index (χ1n) is 7.14. The summed E-state index contributed by atoms with van der Waals surface area (Å²) in [5, 5.41) is 5.04. The zero-order valence-corrected chi connectivity index (χ0v) is 12.7. The molecule has 2 unspecified atom stereocenters. The number of nitrogens with one attached hydrogen (secondary N) is 1. The van der Waals surface area contributed by atoms with Crippen molar-refractivity contribution in [1.82, 2.24) is 5.32 Å². The average molecular weight is 299 g/mol. The molecule has 0 spiro atoms. The Morgan fingerprint density at radius 1 is 1.32 bits per heavy atom. The Morgan fingerprint density at radius 3 is 2.79 bits per heavy atom. The summed E-state index contributed by atoms with van der Waals surface area (Å²) in [6, 6.07) is 7.05. The Bertz CT molecular complexity index is 459. The number of halogens is 2. The molecule has 1 heterocycles. The maximum Gasteiger partial charge on any atom is 0.0825 e. The van der Waals surface area contributed by atoms with Crippen molar-refractivity contribution in [2.24, 2.45) is 5.92 Å². The van der Waals surface area contributed by atoms with Gasteiger partial charge in [-0.3, -0.25) is 0 Å². The van der Waals surface area contributed by atoms with E-state index in [2.05, 4.69) is 23.2 Å². The van der Waals surface area contributed by atoms with E-state index in [1.54, 1.807) is 0 Å². The van der Waals surface area contributed by atoms with Crippen molar-refractivity contribution in [2.75, 3.05) is 18.0 Å². The van der Waals surface area contributed by atoms with Crippen molar-refractivity contribution >= 4 is 28.9 Å². The van der Waals surface area contributed by atoms with Crippen LogP contribution in [0.4, 0.5) is 5.69 Å². The van der Waals surface area contributed by atoms with Crippen LogP contribution in [0.3, 0.4) is 0 Å². The van der Waals surface area contributed by atoms with Gasteiger partial charge in [0.05, 0.1) is 15.7 Å². The smallest absolute Gasteiger partial charge is 0.0825 e. The van der Waals surface area contributed by atoms with Crippen LogP contribution in [0.5, 0.6) is 0 Å². The topological polar surface area (TPSA) is 15.3 Å². The Morgan fingerprint density at radius 2 is 2.11 bits per heavy atom. The normalized spacial score (nSPS) is 27.6. The van der Waals surface area contributed by atoms with Crippen molar-refractivity contribution in [3.8, 4) is 0 Å². The average Bonchev–Trinajstić information content (AvgIpc) is 3.26. The summed E-state index contributed by atoms with van der Waals surface area (Å²) in [5.41, 5.74) is 1.09. The second kappa shape index (κ2) is 5.51. The quantitative estimate of drug-likeness (QED) is 0.909. The monoisotopic (exact) mass is 298 g/mol. The Balaban J connectivity index is 1.87. The van der Waals surface area contributed by atoms with Crippen molar-refractivity contribution in [1.29, 1.82) is 0 Å². The van der Waals surface area contributed by atoms with E-state index in [-0.39, 0.29) is 0 Å². The molecule has 0 radical (unpaired) electrons. The van der Waals surface area contributed by atoms with Gasteiger partial charge in [0.25, 0.3) is 0 Å². The fourth-order valence-electron chi connectivity index (χ4n) is 3.01. The summed E-state index contributed by atoms with van der Waals surface area (Å²) in [6.45, 7) is 4.32. The minimum atomic E-state index is 0.506. The summed E-state index contributed by atoms with van der Waals surface area (Å²) >= 11 is 12.6. The standard InChI is InChI=1S/C15H20Cl2N2/c1-2-11-8-18-13(10-6-7-10)9-19(11)14-5-3-4-12(16)15(14)17/h3-5,10-11,13,18H,2,6-9H2,1H3. The highest BCUT2D eigenvalue weighted by Crippen LogP contribution is 2.38. The van der Waals surface area contributed by atoms with Crippen LogP contribution >= 0.6 is 23.2 Å². The lowest BCUT2D eigenvalue weighted by Crippen LogP contribution is -2.57. The summed E-state index contributed by atoms with van der Waals surface area (Å²) in [5.74, 6) is 0.860. The van der Waals surface area contributed by atoms with Crippen LogP contribution in [0, 0.1) is 5.92 Å². The van der Waals surface area contributed by atoms with Crippen LogP contribution < -0.4 is 10.2 Å². The molecule has 1 saturated heterocycles. The van der Waals surface area contributed by atoms with Gasteiger partial charge in [-0.2, -0.15) is 0 Å². The van der Waals surface area contributed by atoms with E-state index in [9.17, 15) is 0 Å². The number of benzene rings is 1. The highest BCUT2D eigenvalue weighted by Gasteiger charge is 2.37. The van der Waals surface area contributed by atoms with Crippen molar-refractivity contribution in [3.63, 3.8) is 0 Å². The maximum absolute atomic E-state index is 6.40. The Labute approximate surface area is 125 Å². The highest BCUT2D eigenvalue weighted by atomic mass is 35.5. The molecule has 104 valence electrons. The molecule has 1 aliphatic carbocycles. The second-order valence-corrected chi connectivity index (χ2v) is 6.42. The van der Waals surface area contributed by atoms with E-state index >= 15 is 0 Å². The van der Waals surface area contributed by atoms with Crippen molar-refractivity contribution < 1.29 is 0 Å².